The van der Waals surface area contributed by atoms with Gasteiger partial charge in [0.05, 0.1) is 35.2 Å². The van der Waals surface area contributed by atoms with E-state index in [2.05, 4.69) is 20.1 Å². The van der Waals surface area contributed by atoms with Crippen molar-refractivity contribution >= 4 is 38.8 Å². The van der Waals surface area contributed by atoms with Crippen molar-refractivity contribution in [3.63, 3.8) is 0 Å². The van der Waals surface area contributed by atoms with Crippen LogP contribution in [0.3, 0.4) is 0 Å². The summed E-state index contributed by atoms with van der Waals surface area (Å²) in [7, 11) is -3.76. The third-order valence-electron chi connectivity index (χ3n) is 6.00. The fraction of sp³-hybridized carbons (Fsp3) is 0.480. The molecule has 3 aromatic rings. The number of nitrogens with one attached hydrogen (secondary N) is 2. The molecule has 0 unspecified atom stereocenters. The molecular formula is C25H32F2N6O4S. The van der Waals surface area contributed by atoms with E-state index in [0.29, 0.717) is 38.0 Å². The highest BCUT2D eigenvalue weighted by Crippen LogP contribution is 2.31. The van der Waals surface area contributed by atoms with E-state index >= 15 is 4.39 Å². The van der Waals surface area contributed by atoms with E-state index in [1.165, 1.54) is 10.7 Å². The highest BCUT2D eigenvalue weighted by molar-refractivity contribution is 7.92. The maximum absolute atomic E-state index is 15.0. The van der Waals surface area contributed by atoms with Crippen molar-refractivity contribution in [3.8, 4) is 0 Å². The van der Waals surface area contributed by atoms with E-state index in [1.807, 2.05) is 26.8 Å². The lowest BCUT2D eigenvalue weighted by molar-refractivity contribution is 0.0204. The molecule has 0 aliphatic carbocycles. The quantitative estimate of drug-likeness (QED) is 0.424. The molecule has 0 atom stereocenters. The van der Waals surface area contributed by atoms with Gasteiger partial charge in [-0.2, -0.15) is 5.10 Å². The van der Waals surface area contributed by atoms with E-state index < -0.39 is 32.9 Å². The monoisotopic (exact) mass is 550 g/mol. The van der Waals surface area contributed by atoms with E-state index in [-0.39, 0.29) is 29.1 Å². The maximum atomic E-state index is 15.0. The molecule has 0 radical (unpaired) electrons. The minimum Gasteiger partial charge on any atom is -0.444 e. The largest absolute Gasteiger partial charge is 0.444 e. The topological polar surface area (TPSA) is 118 Å². The van der Waals surface area contributed by atoms with Crippen molar-refractivity contribution in [1.29, 1.82) is 0 Å². The number of sulfonamides is 1. The molecule has 1 fully saturated rings. The van der Waals surface area contributed by atoms with Gasteiger partial charge in [-0.3, -0.25) is 4.72 Å². The molecule has 1 aromatic carbocycles. The van der Waals surface area contributed by atoms with Crippen molar-refractivity contribution in [2.24, 2.45) is 0 Å². The zero-order chi connectivity index (χ0) is 27.7. The molecule has 2 N–H and O–H groups in total. The number of anilines is 3. The summed E-state index contributed by atoms with van der Waals surface area (Å²) in [6.07, 6.45) is 4.41. The zero-order valence-corrected chi connectivity index (χ0v) is 22.6. The molecule has 1 amide bonds. The number of hydrogen-bond acceptors (Lipinski definition) is 7. The van der Waals surface area contributed by atoms with Gasteiger partial charge in [0.15, 0.2) is 11.5 Å². The Hall–Kier alpha value is -3.48. The minimum atomic E-state index is -3.76. The molecule has 0 bridgehead atoms. The van der Waals surface area contributed by atoms with E-state index in [1.54, 1.807) is 18.0 Å². The van der Waals surface area contributed by atoms with Crippen LogP contribution in [0, 0.1) is 11.6 Å². The van der Waals surface area contributed by atoms with E-state index in [4.69, 9.17) is 4.74 Å². The number of rotatable bonds is 7. The van der Waals surface area contributed by atoms with Gasteiger partial charge in [0.25, 0.3) is 0 Å². The van der Waals surface area contributed by atoms with Crippen LogP contribution in [-0.2, 0) is 14.8 Å². The van der Waals surface area contributed by atoms with Crippen LogP contribution in [0.2, 0.25) is 0 Å². The van der Waals surface area contributed by atoms with Gasteiger partial charge in [-0.25, -0.2) is 31.5 Å². The number of piperidine rings is 1. The van der Waals surface area contributed by atoms with Crippen LogP contribution >= 0.6 is 0 Å². The Morgan fingerprint density at radius 3 is 2.58 bits per heavy atom. The number of likely N-dealkylation sites (tertiary alicyclic amines) is 1. The Balaban J connectivity index is 1.48. The summed E-state index contributed by atoms with van der Waals surface area (Å²) < 4.78 is 62.7. The van der Waals surface area contributed by atoms with Crippen molar-refractivity contribution in [2.75, 3.05) is 28.9 Å². The van der Waals surface area contributed by atoms with E-state index in [0.717, 1.165) is 17.8 Å². The number of benzene rings is 1. The summed E-state index contributed by atoms with van der Waals surface area (Å²) >= 11 is 0. The molecule has 206 valence electrons. The van der Waals surface area contributed by atoms with Crippen LogP contribution < -0.4 is 10.0 Å². The number of amides is 1. The fourth-order valence-electron chi connectivity index (χ4n) is 4.22. The number of aromatic nitrogens is 3. The van der Waals surface area contributed by atoms with Crippen molar-refractivity contribution < 1.29 is 26.7 Å². The second kappa shape index (κ2) is 10.7. The van der Waals surface area contributed by atoms with Gasteiger partial charge < -0.3 is 15.0 Å². The molecule has 1 aliphatic rings. The predicted octanol–water partition coefficient (Wildman–Crippen LogP) is 5.02. The number of ether oxygens (including phenoxy) is 1. The molecule has 4 rings (SSSR count). The fourth-order valence-corrected chi connectivity index (χ4v) is 5.35. The first kappa shape index (κ1) is 27.6. The SMILES string of the molecule is CCCS(=O)(=O)Nc1ccc(F)c(Nc2cnc3cc(C4CCN(C(=O)OC(C)(C)C)CC4)nn3c2)c1F. The zero-order valence-electron chi connectivity index (χ0n) is 21.8. The first-order valence-electron chi connectivity index (χ1n) is 12.4. The third-order valence-corrected chi connectivity index (χ3v) is 7.47. The number of carbonyl (C=O) groups excluding carboxylic acids is 1. The molecule has 2 aromatic heterocycles. The number of halogens is 2. The molecule has 10 nitrogen and oxygen atoms in total. The first-order valence-corrected chi connectivity index (χ1v) is 14.1. The highest BCUT2D eigenvalue weighted by Gasteiger charge is 2.28. The van der Waals surface area contributed by atoms with Crippen LogP contribution in [0.1, 0.15) is 58.6 Å². The average molecular weight is 551 g/mol. The molecule has 0 saturated carbocycles. The third kappa shape index (κ3) is 6.50. The van der Waals surface area contributed by atoms with Crippen LogP contribution in [0.15, 0.2) is 30.6 Å². The molecule has 1 saturated heterocycles. The van der Waals surface area contributed by atoms with Crippen LogP contribution in [0.25, 0.3) is 5.65 Å². The summed E-state index contributed by atoms with van der Waals surface area (Å²) in [5.74, 6) is -2.02. The highest BCUT2D eigenvalue weighted by atomic mass is 32.2. The Morgan fingerprint density at radius 1 is 1.21 bits per heavy atom. The van der Waals surface area contributed by atoms with Crippen LogP contribution in [0.5, 0.6) is 0 Å². The number of fused-ring (bicyclic) bond motifs is 1. The Kier molecular flexibility index (Phi) is 7.77. The summed E-state index contributed by atoms with van der Waals surface area (Å²) in [6.45, 7) is 8.27. The van der Waals surface area contributed by atoms with E-state index in [9.17, 15) is 17.6 Å². The summed E-state index contributed by atoms with van der Waals surface area (Å²) in [6, 6.07) is 3.87. The lowest BCUT2D eigenvalue weighted by Crippen LogP contribution is -2.41. The number of hydrogen-bond donors (Lipinski definition) is 2. The Morgan fingerprint density at radius 2 is 1.92 bits per heavy atom. The second-order valence-electron chi connectivity index (χ2n) is 10.3. The van der Waals surface area contributed by atoms with Crippen molar-refractivity contribution in [3.05, 3.63) is 47.9 Å². The van der Waals surface area contributed by atoms with Gasteiger partial charge in [0.2, 0.25) is 10.0 Å². The molecule has 38 heavy (non-hydrogen) atoms. The van der Waals surface area contributed by atoms with Gasteiger partial charge in [-0.1, -0.05) is 6.92 Å². The average Bonchev–Trinajstić information content (AvgIpc) is 3.26. The van der Waals surface area contributed by atoms with Gasteiger partial charge in [0.1, 0.15) is 17.1 Å². The van der Waals surface area contributed by atoms with Crippen molar-refractivity contribution in [1.82, 2.24) is 19.5 Å². The first-order chi connectivity index (χ1) is 17.8. The van der Waals surface area contributed by atoms with Gasteiger partial charge >= 0.3 is 6.09 Å². The molecule has 1 aliphatic heterocycles. The lowest BCUT2D eigenvalue weighted by atomic mass is 9.94. The summed E-state index contributed by atoms with van der Waals surface area (Å²) in [4.78, 5) is 18.4. The van der Waals surface area contributed by atoms with Crippen molar-refractivity contribution in [2.45, 2.75) is 58.5 Å². The normalized spacial score (nSPS) is 15.1. The molecular weight excluding hydrogens is 518 g/mol. The summed E-state index contributed by atoms with van der Waals surface area (Å²) in [5.41, 5.74) is 0.215. The molecule has 13 heteroatoms. The number of nitrogens with zero attached hydrogens (tertiary/aromatic N) is 4. The Bertz CT molecular complexity index is 1430. The maximum Gasteiger partial charge on any atom is 0.410 e. The second-order valence-corrected chi connectivity index (χ2v) is 12.1. The minimum absolute atomic E-state index is 0.120. The number of carbonyl (C=O) groups is 1. The van der Waals surface area contributed by atoms with Crippen LogP contribution in [0.4, 0.5) is 30.6 Å². The Labute approximate surface area is 220 Å². The summed E-state index contributed by atoms with van der Waals surface area (Å²) in [5, 5.41) is 7.25. The smallest absolute Gasteiger partial charge is 0.410 e. The molecule has 3 heterocycles. The lowest BCUT2D eigenvalue weighted by Gasteiger charge is -2.32. The standard InChI is InChI=1S/C25H32F2N6O4S/c1-5-12-38(35,36)31-19-7-6-18(26)23(22(19)27)29-17-14-28-21-13-20(30-33(21)15-17)16-8-10-32(11-9-16)24(34)37-25(2,3)4/h6-7,13-16,29,31H,5,8-12H2,1-4H3. The molecule has 0 spiro atoms. The van der Waals surface area contributed by atoms with Gasteiger partial charge in [0, 0.05) is 25.1 Å². The van der Waals surface area contributed by atoms with Gasteiger partial charge in [-0.05, 0) is 52.2 Å². The van der Waals surface area contributed by atoms with Gasteiger partial charge in [-0.15, -0.1) is 0 Å². The van der Waals surface area contributed by atoms with Crippen LogP contribution in [-0.4, -0.2) is 58.5 Å². The predicted molar refractivity (Wildman–Crippen MR) is 140 cm³/mol.